The molecule has 6 N–H and O–H groups in total. The van der Waals surface area contributed by atoms with E-state index in [1.165, 1.54) is 13.8 Å². The van der Waals surface area contributed by atoms with Crippen LogP contribution in [-0.4, -0.2) is 43.6 Å². The van der Waals surface area contributed by atoms with Crippen LogP contribution < -0.4 is 17.2 Å². The molecule has 0 spiro atoms. The Kier molecular flexibility index (Phi) is 4.21. The Balaban J connectivity index is 2.59. The number of aliphatic hydroxyl groups is 2. The summed E-state index contributed by atoms with van der Waals surface area (Å²) in [5.41, 5.74) is 8.68. The van der Waals surface area contributed by atoms with Crippen LogP contribution in [0.25, 0.3) is 0 Å². The number of aromatic nitrogens is 2. The first-order chi connectivity index (χ1) is 10.2. The molecule has 1 fully saturated rings. The first kappa shape index (κ1) is 16.4. The zero-order valence-corrected chi connectivity index (χ0v) is 12.0. The lowest BCUT2D eigenvalue weighted by atomic mass is 9.90. The van der Waals surface area contributed by atoms with Crippen LogP contribution in [-0.2, 0) is 4.74 Å². The minimum absolute atomic E-state index is 0.559. The van der Waals surface area contributed by atoms with E-state index >= 15 is 0 Å². The number of hydrogen-bond acceptors (Lipinski definition) is 7. The largest absolute Gasteiger partial charge is 0.391 e. The second-order valence-corrected chi connectivity index (χ2v) is 5.11. The smallest absolute Gasteiger partial charge is 0.351 e. The number of rotatable bonds is 2. The SMILES string of the molecule is CC#CC1(N)[C@@H](O)[C@@H]([C@@H](C)O)O[C@H]1n1cc(F)c(N)nc1=O. The molecule has 0 bridgehead atoms. The van der Waals surface area contributed by atoms with Crippen LogP contribution in [0.1, 0.15) is 20.1 Å². The molecule has 120 valence electrons. The topological polar surface area (TPSA) is 137 Å². The second-order valence-electron chi connectivity index (χ2n) is 5.11. The molecule has 8 nitrogen and oxygen atoms in total. The average Bonchev–Trinajstić information content (AvgIpc) is 2.68. The number of nitrogens with two attached hydrogens (primary N) is 2. The van der Waals surface area contributed by atoms with Crippen molar-refractivity contribution in [2.45, 2.75) is 43.9 Å². The predicted octanol–water partition coefficient (Wildman–Crippen LogP) is -1.68. The maximum atomic E-state index is 13.6. The van der Waals surface area contributed by atoms with Crippen LogP contribution in [0.15, 0.2) is 11.0 Å². The van der Waals surface area contributed by atoms with Crippen molar-refractivity contribution in [3.8, 4) is 11.8 Å². The lowest BCUT2D eigenvalue weighted by Gasteiger charge is -2.28. The molecule has 0 radical (unpaired) electrons. The fourth-order valence-electron chi connectivity index (χ4n) is 2.40. The molecule has 5 atom stereocenters. The zero-order chi connectivity index (χ0) is 16.7. The first-order valence-corrected chi connectivity index (χ1v) is 6.51. The average molecular weight is 312 g/mol. The highest BCUT2D eigenvalue weighted by molar-refractivity contribution is 5.29. The summed E-state index contributed by atoms with van der Waals surface area (Å²) in [5.74, 6) is 3.60. The summed E-state index contributed by atoms with van der Waals surface area (Å²) in [6.45, 7) is 2.87. The number of halogens is 1. The number of nitrogens with zero attached hydrogens (tertiary/aromatic N) is 2. The standard InChI is InChI=1S/C13H17FN4O4/c1-3-4-13(16)9(20)8(6(2)19)22-11(13)18-5-7(14)10(15)17-12(18)21/h5-6,8-9,11,19-20H,16H2,1-2H3,(H2,15,17,21)/t6-,8-,9+,11-,13?/m1/s1. The van der Waals surface area contributed by atoms with E-state index in [9.17, 15) is 19.4 Å². The number of anilines is 1. The number of aliphatic hydroxyl groups excluding tert-OH is 2. The van der Waals surface area contributed by atoms with Gasteiger partial charge in [-0.2, -0.15) is 4.98 Å². The molecule has 1 saturated heterocycles. The number of hydrogen-bond donors (Lipinski definition) is 4. The van der Waals surface area contributed by atoms with Crippen molar-refractivity contribution in [2.75, 3.05) is 5.73 Å². The van der Waals surface area contributed by atoms with Gasteiger partial charge in [-0.3, -0.25) is 4.57 Å². The van der Waals surface area contributed by atoms with Gasteiger partial charge in [0.1, 0.15) is 12.2 Å². The van der Waals surface area contributed by atoms with Crippen LogP contribution >= 0.6 is 0 Å². The lowest BCUT2D eigenvalue weighted by Crippen LogP contribution is -2.55. The van der Waals surface area contributed by atoms with Crippen molar-refractivity contribution < 1.29 is 19.3 Å². The van der Waals surface area contributed by atoms with Gasteiger partial charge >= 0.3 is 5.69 Å². The van der Waals surface area contributed by atoms with Crippen LogP contribution in [0.3, 0.4) is 0 Å². The summed E-state index contributed by atoms with van der Waals surface area (Å²) in [4.78, 5) is 15.3. The Hall–Kier alpha value is -1.99. The van der Waals surface area contributed by atoms with Crippen molar-refractivity contribution >= 4 is 5.82 Å². The molecule has 1 aliphatic heterocycles. The molecule has 2 heterocycles. The highest BCUT2D eigenvalue weighted by Gasteiger charge is 2.55. The van der Waals surface area contributed by atoms with Gasteiger partial charge in [0.25, 0.3) is 0 Å². The summed E-state index contributed by atoms with van der Waals surface area (Å²) < 4.78 is 19.8. The Labute approximate surface area is 125 Å². The maximum absolute atomic E-state index is 13.6. The zero-order valence-electron chi connectivity index (χ0n) is 12.0. The minimum atomic E-state index is -1.72. The summed E-state index contributed by atoms with van der Waals surface area (Å²) in [7, 11) is 0. The molecular formula is C13H17FN4O4. The molecular weight excluding hydrogens is 295 g/mol. The monoisotopic (exact) mass is 312 g/mol. The van der Waals surface area contributed by atoms with Gasteiger partial charge in [0, 0.05) is 0 Å². The third kappa shape index (κ3) is 2.46. The van der Waals surface area contributed by atoms with Gasteiger partial charge in [0.15, 0.2) is 23.4 Å². The summed E-state index contributed by atoms with van der Waals surface area (Å²) in [5, 5.41) is 20.0. The van der Waals surface area contributed by atoms with Crippen molar-refractivity contribution in [3.63, 3.8) is 0 Å². The third-order valence-corrected chi connectivity index (χ3v) is 3.50. The van der Waals surface area contributed by atoms with Crippen molar-refractivity contribution in [3.05, 3.63) is 22.5 Å². The Morgan fingerprint density at radius 2 is 2.27 bits per heavy atom. The summed E-state index contributed by atoms with van der Waals surface area (Å²) in [6, 6.07) is 0. The quantitative estimate of drug-likeness (QED) is 0.479. The predicted molar refractivity (Wildman–Crippen MR) is 74.8 cm³/mol. The molecule has 1 aromatic heterocycles. The van der Waals surface area contributed by atoms with E-state index in [-0.39, 0.29) is 0 Å². The molecule has 22 heavy (non-hydrogen) atoms. The second kappa shape index (κ2) is 5.66. The molecule has 1 unspecified atom stereocenters. The van der Waals surface area contributed by atoms with Gasteiger partial charge in [-0.1, -0.05) is 5.92 Å². The van der Waals surface area contributed by atoms with Gasteiger partial charge in [-0.25, -0.2) is 9.18 Å². The van der Waals surface area contributed by atoms with E-state index in [0.29, 0.717) is 0 Å². The Bertz CT molecular complexity index is 696. The van der Waals surface area contributed by atoms with Crippen molar-refractivity contribution in [1.82, 2.24) is 9.55 Å². The van der Waals surface area contributed by atoms with Crippen LogP contribution in [0.4, 0.5) is 10.2 Å². The van der Waals surface area contributed by atoms with Gasteiger partial charge in [-0.15, -0.1) is 5.92 Å². The lowest BCUT2D eigenvalue weighted by molar-refractivity contribution is -0.0780. The number of nitrogen functional groups attached to an aromatic ring is 1. The summed E-state index contributed by atoms with van der Waals surface area (Å²) >= 11 is 0. The highest BCUT2D eigenvalue weighted by atomic mass is 19.1. The van der Waals surface area contributed by atoms with Crippen LogP contribution in [0.2, 0.25) is 0 Å². The van der Waals surface area contributed by atoms with Crippen LogP contribution in [0.5, 0.6) is 0 Å². The van der Waals surface area contributed by atoms with E-state index in [2.05, 4.69) is 16.8 Å². The van der Waals surface area contributed by atoms with Gasteiger partial charge in [-0.05, 0) is 13.8 Å². The van der Waals surface area contributed by atoms with Gasteiger partial charge < -0.3 is 26.4 Å². The van der Waals surface area contributed by atoms with Gasteiger partial charge in [0.2, 0.25) is 0 Å². The fourth-order valence-corrected chi connectivity index (χ4v) is 2.40. The molecule has 0 saturated carbocycles. The Morgan fingerprint density at radius 3 is 2.82 bits per heavy atom. The van der Waals surface area contributed by atoms with Crippen molar-refractivity contribution in [2.24, 2.45) is 5.73 Å². The molecule has 2 rings (SSSR count). The number of ether oxygens (including phenoxy) is 1. The third-order valence-electron chi connectivity index (χ3n) is 3.50. The van der Waals surface area contributed by atoms with E-state index in [1.807, 2.05) is 0 Å². The first-order valence-electron chi connectivity index (χ1n) is 6.51. The van der Waals surface area contributed by atoms with E-state index in [0.717, 1.165) is 10.8 Å². The molecule has 9 heteroatoms. The van der Waals surface area contributed by atoms with E-state index in [1.54, 1.807) is 0 Å². The molecule has 0 aliphatic carbocycles. The van der Waals surface area contributed by atoms with Gasteiger partial charge in [0.05, 0.1) is 12.3 Å². The van der Waals surface area contributed by atoms with Crippen LogP contribution in [0, 0.1) is 17.7 Å². The molecule has 0 amide bonds. The van der Waals surface area contributed by atoms with E-state index < -0.39 is 47.4 Å². The normalized spacial score (nSPS) is 32.4. The van der Waals surface area contributed by atoms with Crippen molar-refractivity contribution in [1.29, 1.82) is 0 Å². The summed E-state index contributed by atoms with van der Waals surface area (Å²) in [6.07, 6.45) is -4.11. The molecule has 0 aromatic carbocycles. The minimum Gasteiger partial charge on any atom is -0.391 e. The molecule has 1 aromatic rings. The maximum Gasteiger partial charge on any atom is 0.351 e. The Morgan fingerprint density at radius 1 is 1.64 bits per heavy atom. The van der Waals surface area contributed by atoms with E-state index in [4.69, 9.17) is 16.2 Å². The fraction of sp³-hybridized carbons (Fsp3) is 0.538. The highest BCUT2D eigenvalue weighted by Crippen LogP contribution is 2.37. The molecule has 1 aliphatic rings.